The summed E-state index contributed by atoms with van der Waals surface area (Å²) in [5, 5.41) is 0. The van der Waals surface area contributed by atoms with Gasteiger partial charge in [0.05, 0.1) is 11.5 Å². The van der Waals surface area contributed by atoms with E-state index in [9.17, 15) is 4.79 Å². The van der Waals surface area contributed by atoms with Crippen LogP contribution in [0.5, 0.6) is 0 Å². The first-order valence-corrected chi connectivity index (χ1v) is 7.89. The van der Waals surface area contributed by atoms with Crippen molar-refractivity contribution in [3.63, 3.8) is 0 Å². The van der Waals surface area contributed by atoms with E-state index in [1.807, 2.05) is 44.2 Å². The van der Waals surface area contributed by atoms with Gasteiger partial charge in [-0.3, -0.25) is 4.90 Å². The van der Waals surface area contributed by atoms with Crippen molar-refractivity contribution in [1.82, 2.24) is 14.9 Å². The Morgan fingerprint density at radius 2 is 1.79 bits per heavy atom. The minimum atomic E-state index is -0.371. The van der Waals surface area contributed by atoms with E-state index >= 15 is 0 Å². The van der Waals surface area contributed by atoms with E-state index in [2.05, 4.69) is 21.8 Å². The van der Waals surface area contributed by atoms with E-state index in [0.29, 0.717) is 12.5 Å². The molecule has 1 saturated heterocycles. The van der Waals surface area contributed by atoms with Crippen LogP contribution in [0, 0.1) is 17.8 Å². The fourth-order valence-electron chi connectivity index (χ4n) is 2.66. The molecule has 1 aromatic carbocycles. The van der Waals surface area contributed by atoms with Gasteiger partial charge in [-0.05, 0) is 32.0 Å². The van der Waals surface area contributed by atoms with Gasteiger partial charge in [-0.25, -0.2) is 14.8 Å². The zero-order chi connectivity index (χ0) is 17.2. The third kappa shape index (κ3) is 2.95. The van der Waals surface area contributed by atoms with Crippen molar-refractivity contribution in [2.24, 2.45) is 5.92 Å². The zero-order valence-electron chi connectivity index (χ0n) is 14.1. The van der Waals surface area contributed by atoms with Crippen molar-refractivity contribution >= 4 is 12.0 Å². The summed E-state index contributed by atoms with van der Waals surface area (Å²) in [4.78, 5) is 24.4. The fourth-order valence-corrected chi connectivity index (χ4v) is 2.66. The molecule has 0 spiro atoms. The number of benzene rings is 1. The summed E-state index contributed by atoms with van der Waals surface area (Å²) in [6, 6.07) is 11.5. The van der Waals surface area contributed by atoms with Gasteiger partial charge in [0.15, 0.2) is 0 Å². The normalized spacial score (nSPS) is 19.6. The minimum absolute atomic E-state index is 0.0239. The molecule has 1 unspecified atom stereocenters. The van der Waals surface area contributed by atoms with Gasteiger partial charge >= 0.3 is 6.03 Å². The van der Waals surface area contributed by atoms with E-state index in [-0.39, 0.29) is 17.5 Å². The van der Waals surface area contributed by atoms with E-state index < -0.39 is 0 Å². The summed E-state index contributed by atoms with van der Waals surface area (Å²) in [7, 11) is 1.80. The van der Waals surface area contributed by atoms with Gasteiger partial charge in [0, 0.05) is 31.5 Å². The van der Waals surface area contributed by atoms with Gasteiger partial charge in [-0.15, -0.1) is 0 Å². The number of hydrogen-bond acceptors (Lipinski definition) is 3. The Balaban J connectivity index is 1.93. The first-order valence-electron chi connectivity index (χ1n) is 7.89. The maximum atomic E-state index is 12.7. The molecule has 1 aliphatic heterocycles. The number of urea groups is 1. The summed E-state index contributed by atoms with van der Waals surface area (Å²) in [5.74, 6) is 6.95. The first-order chi connectivity index (χ1) is 11.5. The molecule has 0 aliphatic carbocycles. The molecule has 0 radical (unpaired) electrons. The Labute approximate surface area is 142 Å². The van der Waals surface area contributed by atoms with Crippen molar-refractivity contribution in [2.75, 3.05) is 18.5 Å². The van der Waals surface area contributed by atoms with Gasteiger partial charge in [-0.1, -0.05) is 30.0 Å². The highest BCUT2D eigenvalue weighted by Gasteiger charge is 2.44. The number of aromatic nitrogens is 2. The second-order valence-corrected chi connectivity index (χ2v) is 6.34. The number of carbonyl (C=O) groups excluding carboxylic acids is 1. The first kappa shape index (κ1) is 16.0. The van der Waals surface area contributed by atoms with Crippen LogP contribution in [0.4, 0.5) is 10.7 Å². The van der Waals surface area contributed by atoms with Crippen LogP contribution in [0.1, 0.15) is 19.4 Å². The number of anilines is 1. The SMILES string of the molecule is CN1C(=O)N(c2ncccn2)CC(C#Cc2ccccc2)C1(C)C. The second-order valence-electron chi connectivity index (χ2n) is 6.34. The maximum absolute atomic E-state index is 12.7. The molecule has 0 N–H and O–H groups in total. The fraction of sp³-hybridized carbons (Fsp3) is 0.316. The molecule has 2 aromatic rings. The predicted molar refractivity (Wildman–Crippen MR) is 93.4 cm³/mol. The highest BCUT2D eigenvalue weighted by Crippen LogP contribution is 2.31. The lowest BCUT2D eigenvalue weighted by atomic mass is 9.84. The monoisotopic (exact) mass is 320 g/mol. The smallest absolute Gasteiger partial charge is 0.321 e. The molecule has 3 rings (SSSR count). The van der Waals surface area contributed by atoms with Gasteiger partial charge in [0.1, 0.15) is 0 Å². The topological polar surface area (TPSA) is 49.3 Å². The summed E-state index contributed by atoms with van der Waals surface area (Å²) < 4.78 is 0. The Bertz CT molecular complexity index is 777. The molecule has 5 heteroatoms. The molecule has 24 heavy (non-hydrogen) atoms. The largest absolute Gasteiger partial charge is 0.327 e. The van der Waals surface area contributed by atoms with Crippen molar-refractivity contribution in [2.45, 2.75) is 19.4 Å². The van der Waals surface area contributed by atoms with Crippen LogP contribution >= 0.6 is 0 Å². The van der Waals surface area contributed by atoms with Crippen LogP contribution in [0.15, 0.2) is 48.8 Å². The lowest BCUT2D eigenvalue weighted by molar-refractivity contribution is 0.116. The molecule has 122 valence electrons. The van der Waals surface area contributed by atoms with E-state index in [0.717, 1.165) is 5.56 Å². The quantitative estimate of drug-likeness (QED) is 0.759. The van der Waals surface area contributed by atoms with Crippen LogP contribution in [-0.4, -0.2) is 40.0 Å². The molecule has 1 aromatic heterocycles. The number of nitrogens with zero attached hydrogens (tertiary/aromatic N) is 4. The Morgan fingerprint density at radius 1 is 1.12 bits per heavy atom. The lowest BCUT2D eigenvalue weighted by Gasteiger charge is -2.47. The minimum Gasteiger partial charge on any atom is -0.321 e. The third-order valence-electron chi connectivity index (χ3n) is 4.56. The van der Waals surface area contributed by atoms with E-state index in [4.69, 9.17) is 0 Å². The van der Waals surface area contributed by atoms with Gasteiger partial charge < -0.3 is 4.90 Å². The van der Waals surface area contributed by atoms with E-state index in [1.165, 1.54) is 0 Å². The average molecular weight is 320 g/mol. The molecule has 1 aliphatic rings. The second kappa shape index (κ2) is 6.32. The predicted octanol–water partition coefficient (Wildman–Crippen LogP) is 2.79. The van der Waals surface area contributed by atoms with Crippen molar-refractivity contribution in [3.05, 3.63) is 54.4 Å². The van der Waals surface area contributed by atoms with Crippen molar-refractivity contribution in [1.29, 1.82) is 0 Å². The molecule has 0 bridgehead atoms. The van der Waals surface area contributed by atoms with Crippen molar-refractivity contribution < 1.29 is 4.79 Å². The summed E-state index contributed by atoms with van der Waals surface area (Å²) in [5.41, 5.74) is 0.597. The van der Waals surface area contributed by atoms with Crippen LogP contribution in [0.3, 0.4) is 0 Å². The zero-order valence-corrected chi connectivity index (χ0v) is 14.1. The molecule has 5 nitrogen and oxygen atoms in total. The van der Waals surface area contributed by atoms with Crippen LogP contribution in [0.25, 0.3) is 0 Å². The van der Waals surface area contributed by atoms with Crippen molar-refractivity contribution in [3.8, 4) is 11.8 Å². The summed E-state index contributed by atoms with van der Waals surface area (Å²) >= 11 is 0. The molecule has 1 fully saturated rings. The van der Waals surface area contributed by atoms with Gasteiger partial charge in [0.2, 0.25) is 5.95 Å². The maximum Gasteiger partial charge on any atom is 0.327 e. The summed E-state index contributed by atoms with van der Waals surface area (Å²) in [6.45, 7) is 4.55. The molecular weight excluding hydrogens is 300 g/mol. The number of rotatable bonds is 1. The van der Waals surface area contributed by atoms with Gasteiger partial charge in [0.25, 0.3) is 0 Å². The highest BCUT2D eigenvalue weighted by molar-refractivity contribution is 5.91. The molecule has 2 amide bonds. The van der Waals surface area contributed by atoms with Crippen LogP contribution < -0.4 is 4.90 Å². The molecule has 2 heterocycles. The Hall–Kier alpha value is -2.87. The number of amides is 2. The standard InChI is InChI=1S/C19H20N4O/c1-19(2)16(11-10-15-8-5-4-6-9-15)14-23(18(24)22(19)3)17-20-12-7-13-21-17/h4-9,12-13,16H,14H2,1-3H3. The lowest BCUT2D eigenvalue weighted by Crippen LogP contribution is -2.63. The van der Waals surface area contributed by atoms with E-state index in [1.54, 1.807) is 35.3 Å². The average Bonchev–Trinajstić information content (AvgIpc) is 2.61. The summed E-state index contributed by atoms with van der Waals surface area (Å²) in [6.07, 6.45) is 3.28. The Morgan fingerprint density at radius 3 is 2.46 bits per heavy atom. The molecular formula is C19H20N4O. The molecule has 1 atom stereocenters. The Kier molecular flexibility index (Phi) is 4.22. The third-order valence-corrected chi connectivity index (χ3v) is 4.56. The number of hydrogen-bond donors (Lipinski definition) is 0. The van der Waals surface area contributed by atoms with Crippen LogP contribution in [-0.2, 0) is 0 Å². The van der Waals surface area contributed by atoms with Gasteiger partial charge in [-0.2, -0.15) is 0 Å². The molecule has 0 saturated carbocycles. The van der Waals surface area contributed by atoms with Crippen LogP contribution in [0.2, 0.25) is 0 Å². The number of carbonyl (C=O) groups is 1. The highest BCUT2D eigenvalue weighted by atomic mass is 16.2.